The van der Waals surface area contributed by atoms with Crippen LogP contribution >= 0.6 is 0 Å². The highest BCUT2D eigenvalue weighted by atomic mass is 16.6. The number of anilines is 1. The molecule has 8 heteroatoms. The first-order valence-electron chi connectivity index (χ1n) is 6.20. The van der Waals surface area contributed by atoms with E-state index in [-0.39, 0.29) is 5.69 Å². The van der Waals surface area contributed by atoms with E-state index in [4.69, 9.17) is 5.73 Å². The summed E-state index contributed by atoms with van der Waals surface area (Å²) in [4.78, 5) is 23.2. The lowest BCUT2D eigenvalue weighted by Gasteiger charge is -2.17. The second kappa shape index (κ2) is 6.00. The normalized spacial score (nSPS) is 14.7. The first kappa shape index (κ1) is 13.8. The van der Waals surface area contributed by atoms with Crippen LogP contribution in [0.15, 0.2) is 23.3 Å². The molecule has 0 atom stereocenters. The summed E-state index contributed by atoms with van der Waals surface area (Å²) >= 11 is 0. The maximum Gasteiger partial charge on any atom is 0.332 e. The number of benzene rings is 1. The molecule has 0 radical (unpaired) electrons. The number of rotatable bonds is 4. The van der Waals surface area contributed by atoms with Gasteiger partial charge >= 0.3 is 6.03 Å². The molecule has 1 fully saturated rings. The first-order valence-corrected chi connectivity index (χ1v) is 6.20. The third kappa shape index (κ3) is 3.22. The molecular weight excluding hydrogens is 262 g/mol. The van der Waals surface area contributed by atoms with E-state index in [1.54, 1.807) is 12.1 Å². The van der Waals surface area contributed by atoms with Crippen molar-refractivity contribution in [2.75, 3.05) is 18.0 Å². The average molecular weight is 277 g/mol. The summed E-state index contributed by atoms with van der Waals surface area (Å²) in [7, 11) is 0. The summed E-state index contributed by atoms with van der Waals surface area (Å²) in [6.45, 7) is 1.66. The van der Waals surface area contributed by atoms with Gasteiger partial charge in [0.2, 0.25) is 0 Å². The van der Waals surface area contributed by atoms with Crippen LogP contribution in [0.3, 0.4) is 0 Å². The molecule has 0 spiro atoms. The molecule has 8 nitrogen and oxygen atoms in total. The molecular formula is C12H15N5O3. The molecule has 0 bridgehead atoms. The summed E-state index contributed by atoms with van der Waals surface area (Å²) in [5.74, 6) is 0. The summed E-state index contributed by atoms with van der Waals surface area (Å²) in [5.41, 5.74) is 8.08. The molecule has 106 valence electrons. The Hall–Kier alpha value is -2.64. The Bertz CT molecular complexity index is 552. The van der Waals surface area contributed by atoms with Crippen LogP contribution in [0.4, 0.5) is 16.2 Å². The van der Waals surface area contributed by atoms with Gasteiger partial charge in [-0.05, 0) is 18.9 Å². The molecule has 2 rings (SSSR count). The molecule has 1 saturated heterocycles. The number of hydrazone groups is 1. The number of carbonyl (C=O) groups is 1. The van der Waals surface area contributed by atoms with Crippen LogP contribution in [0.5, 0.6) is 0 Å². The molecule has 2 amide bonds. The summed E-state index contributed by atoms with van der Waals surface area (Å²) < 4.78 is 0. The standard InChI is InChI=1S/C12H15N5O3/c13-12(18)15-14-8-9-3-4-10(11(7-9)17(19)20)16-5-1-2-6-16/h3-4,7-8H,1-2,5-6H2,(H3,13,15,18)/b14-8-. The van der Waals surface area contributed by atoms with Crippen molar-refractivity contribution in [3.8, 4) is 0 Å². The van der Waals surface area contributed by atoms with Gasteiger partial charge < -0.3 is 10.6 Å². The number of nitrogens with zero attached hydrogens (tertiary/aromatic N) is 3. The molecule has 0 aromatic heterocycles. The second-order valence-corrected chi connectivity index (χ2v) is 4.43. The SMILES string of the molecule is NC(=O)N/N=C\c1ccc(N2CCCC2)c([N+](=O)[O-])c1. The minimum Gasteiger partial charge on any atom is -0.366 e. The lowest BCUT2D eigenvalue weighted by atomic mass is 10.1. The average Bonchev–Trinajstić information content (AvgIpc) is 2.92. The minimum atomic E-state index is -0.788. The number of nitro benzene ring substituents is 1. The zero-order chi connectivity index (χ0) is 14.5. The van der Waals surface area contributed by atoms with E-state index < -0.39 is 11.0 Å². The molecule has 1 aliphatic heterocycles. The van der Waals surface area contributed by atoms with Crippen molar-refractivity contribution in [2.24, 2.45) is 10.8 Å². The van der Waals surface area contributed by atoms with Crippen molar-refractivity contribution in [2.45, 2.75) is 12.8 Å². The monoisotopic (exact) mass is 277 g/mol. The fraction of sp³-hybridized carbons (Fsp3) is 0.333. The zero-order valence-electron chi connectivity index (χ0n) is 10.8. The fourth-order valence-corrected chi connectivity index (χ4v) is 2.16. The number of primary amides is 1. The number of nitro groups is 1. The van der Waals surface area contributed by atoms with E-state index in [1.807, 2.05) is 10.3 Å². The summed E-state index contributed by atoms with van der Waals surface area (Å²) in [6, 6.07) is 4.06. The maximum atomic E-state index is 11.2. The fourth-order valence-electron chi connectivity index (χ4n) is 2.16. The number of hydrogen-bond acceptors (Lipinski definition) is 5. The van der Waals surface area contributed by atoms with Gasteiger partial charge in [0, 0.05) is 24.7 Å². The Morgan fingerprint density at radius 1 is 1.45 bits per heavy atom. The summed E-state index contributed by atoms with van der Waals surface area (Å²) in [6.07, 6.45) is 3.40. The van der Waals surface area contributed by atoms with E-state index >= 15 is 0 Å². The third-order valence-electron chi connectivity index (χ3n) is 3.03. The van der Waals surface area contributed by atoms with Gasteiger partial charge in [0.25, 0.3) is 5.69 Å². The van der Waals surface area contributed by atoms with E-state index in [0.717, 1.165) is 25.9 Å². The predicted molar refractivity (Wildman–Crippen MR) is 74.9 cm³/mol. The quantitative estimate of drug-likeness (QED) is 0.489. The van der Waals surface area contributed by atoms with Crippen molar-refractivity contribution >= 4 is 23.6 Å². The molecule has 1 aromatic carbocycles. The summed E-state index contributed by atoms with van der Waals surface area (Å²) in [5, 5.41) is 14.7. The Labute approximate surface area is 115 Å². The van der Waals surface area contributed by atoms with E-state index in [2.05, 4.69) is 5.10 Å². The zero-order valence-corrected chi connectivity index (χ0v) is 10.8. The van der Waals surface area contributed by atoms with Gasteiger partial charge in [-0.3, -0.25) is 10.1 Å². The third-order valence-corrected chi connectivity index (χ3v) is 3.03. The Balaban J connectivity index is 2.25. The molecule has 1 heterocycles. The molecule has 1 aromatic rings. The molecule has 3 N–H and O–H groups in total. The van der Waals surface area contributed by atoms with Crippen molar-refractivity contribution in [3.63, 3.8) is 0 Å². The molecule has 0 aliphatic carbocycles. The van der Waals surface area contributed by atoms with Gasteiger partial charge in [-0.1, -0.05) is 6.07 Å². The molecule has 0 unspecified atom stereocenters. The van der Waals surface area contributed by atoms with E-state index in [0.29, 0.717) is 11.3 Å². The molecule has 0 saturated carbocycles. The van der Waals surface area contributed by atoms with Crippen LogP contribution in [-0.2, 0) is 0 Å². The smallest absolute Gasteiger partial charge is 0.332 e. The Kier molecular flexibility index (Phi) is 4.14. The van der Waals surface area contributed by atoms with Gasteiger partial charge in [0.1, 0.15) is 5.69 Å². The van der Waals surface area contributed by atoms with Crippen molar-refractivity contribution in [3.05, 3.63) is 33.9 Å². The highest BCUT2D eigenvalue weighted by molar-refractivity contribution is 5.84. The van der Waals surface area contributed by atoms with Gasteiger partial charge in [0.05, 0.1) is 11.1 Å². The van der Waals surface area contributed by atoms with Crippen molar-refractivity contribution in [1.29, 1.82) is 0 Å². The van der Waals surface area contributed by atoms with Crippen molar-refractivity contribution in [1.82, 2.24) is 5.43 Å². The van der Waals surface area contributed by atoms with Crippen LogP contribution in [-0.4, -0.2) is 30.3 Å². The highest BCUT2D eigenvalue weighted by Crippen LogP contribution is 2.31. The highest BCUT2D eigenvalue weighted by Gasteiger charge is 2.22. The maximum absolute atomic E-state index is 11.2. The number of carbonyl (C=O) groups excluding carboxylic acids is 1. The van der Waals surface area contributed by atoms with E-state index in [9.17, 15) is 14.9 Å². The van der Waals surface area contributed by atoms with Crippen LogP contribution in [0, 0.1) is 10.1 Å². The van der Waals surface area contributed by atoms with Crippen molar-refractivity contribution < 1.29 is 9.72 Å². The number of hydrogen-bond donors (Lipinski definition) is 2. The Morgan fingerprint density at radius 3 is 2.75 bits per heavy atom. The predicted octanol–water partition coefficient (Wildman–Crippen LogP) is 1.20. The van der Waals surface area contributed by atoms with Gasteiger partial charge in [-0.15, -0.1) is 0 Å². The number of nitrogens with two attached hydrogens (primary N) is 1. The number of nitrogens with one attached hydrogen (secondary N) is 1. The Morgan fingerprint density at radius 2 is 2.15 bits per heavy atom. The first-order chi connectivity index (χ1) is 9.58. The van der Waals surface area contributed by atoms with Crippen LogP contribution in [0.2, 0.25) is 0 Å². The van der Waals surface area contributed by atoms with Gasteiger partial charge in [0.15, 0.2) is 0 Å². The number of amides is 2. The van der Waals surface area contributed by atoms with Crippen LogP contribution in [0.25, 0.3) is 0 Å². The second-order valence-electron chi connectivity index (χ2n) is 4.43. The van der Waals surface area contributed by atoms with Gasteiger partial charge in [-0.2, -0.15) is 5.10 Å². The lowest BCUT2D eigenvalue weighted by Crippen LogP contribution is -2.24. The minimum absolute atomic E-state index is 0.0370. The van der Waals surface area contributed by atoms with E-state index in [1.165, 1.54) is 12.3 Å². The molecule has 20 heavy (non-hydrogen) atoms. The topological polar surface area (TPSA) is 114 Å². The molecule has 1 aliphatic rings. The lowest BCUT2D eigenvalue weighted by molar-refractivity contribution is -0.384. The largest absolute Gasteiger partial charge is 0.366 e. The van der Waals surface area contributed by atoms with Crippen LogP contribution in [0.1, 0.15) is 18.4 Å². The number of urea groups is 1. The van der Waals surface area contributed by atoms with Gasteiger partial charge in [-0.25, -0.2) is 10.2 Å². The van der Waals surface area contributed by atoms with Crippen LogP contribution < -0.4 is 16.1 Å².